The fourth-order valence-electron chi connectivity index (χ4n) is 2.01. The van der Waals surface area contributed by atoms with Crippen LogP contribution in [0, 0.1) is 11.2 Å². The Labute approximate surface area is 157 Å². The number of anilines is 2. The van der Waals surface area contributed by atoms with Gasteiger partial charge in [0.2, 0.25) is 11.8 Å². The normalized spacial score (nSPS) is 11.1. The van der Waals surface area contributed by atoms with Crippen LogP contribution in [0.5, 0.6) is 0 Å². The molecule has 0 aromatic heterocycles. The van der Waals surface area contributed by atoms with E-state index in [0.29, 0.717) is 23.5 Å². The summed E-state index contributed by atoms with van der Waals surface area (Å²) in [6.07, 6.45) is 0.334. The van der Waals surface area contributed by atoms with Gasteiger partial charge in [-0.05, 0) is 42.5 Å². The van der Waals surface area contributed by atoms with Crippen molar-refractivity contribution in [2.45, 2.75) is 32.1 Å². The average Bonchev–Trinajstić information content (AvgIpc) is 2.56. The first-order chi connectivity index (χ1) is 12.2. The van der Waals surface area contributed by atoms with E-state index >= 15 is 0 Å². The van der Waals surface area contributed by atoms with Crippen LogP contribution in [0.4, 0.5) is 15.8 Å². The fraction of sp³-hybridized carbons (Fsp3) is 0.300. The van der Waals surface area contributed by atoms with Gasteiger partial charge < -0.3 is 10.6 Å². The molecule has 0 atom stereocenters. The van der Waals surface area contributed by atoms with E-state index in [0.717, 1.165) is 4.90 Å². The van der Waals surface area contributed by atoms with Crippen LogP contribution in [-0.2, 0) is 9.59 Å². The van der Waals surface area contributed by atoms with Gasteiger partial charge in [0.1, 0.15) is 5.82 Å². The van der Waals surface area contributed by atoms with Crippen molar-refractivity contribution < 1.29 is 14.0 Å². The predicted octanol–water partition coefficient (Wildman–Crippen LogP) is 4.93. The number of thioether (sulfide) groups is 1. The summed E-state index contributed by atoms with van der Waals surface area (Å²) in [5, 5.41) is 5.67. The summed E-state index contributed by atoms with van der Waals surface area (Å²) < 4.78 is 12.9. The molecule has 0 fully saturated rings. The third-order valence-corrected chi connectivity index (χ3v) is 4.51. The fourth-order valence-corrected chi connectivity index (χ4v) is 2.86. The average molecular weight is 374 g/mol. The smallest absolute Gasteiger partial charge is 0.229 e. The number of halogens is 1. The SMILES string of the molecule is CC(C)(C)C(=O)Nc1cccc(NC(=O)CCSc2ccc(F)cc2)c1. The second-order valence-electron chi connectivity index (χ2n) is 6.89. The first kappa shape index (κ1) is 20.0. The molecule has 138 valence electrons. The summed E-state index contributed by atoms with van der Waals surface area (Å²) in [6, 6.07) is 13.3. The van der Waals surface area contributed by atoms with Crippen LogP contribution in [0.15, 0.2) is 53.4 Å². The third-order valence-electron chi connectivity index (χ3n) is 3.50. The molecule has 0 saturated heterocycles. The Balaban J connectivity index is 1.84. The summed E-state index contributed by atoms with van der Waals surface area (Å²) in [5.41, 5.74) is 0.786. The molecule has 2 amide bonds. The first-order valence-electron chi connectivity index (χ1n) is 8.34. The molecule has 0 unspecified atom stereocenters. The summed E-state index contributed by atoms with van der Waals surface area (Å²) in [4.78, 5) is 25.0. The van der Waals surface area contributed by atoms with Crippen LogP contribution in [-0.4, -0.2) is 17.6 Å². The van der Waals surface area contributed by atoms with E-state index in [4.69, 9.17) is 0 Å². The highest BCUT2D eigenvalue weighted by molar-refractivity contribution is 7.99. The van der Waals surface area contributed by atoms with E-state index < -0.39 is 5.41 Å². The number of benzene rings is 2. The zero-order valence-corrected chi connectivity index (χ0v) is 16.0. The van der Waals surface area contributed by atoms with Crippen molar-refractivity contribution in [1.82, 2.24) is 0 Å². The van der Waals surface area contributed by atoms with Crippen molar-refractivity contribution in [1.29, 1.82) is 0 Å². The van der Waals surface area contributed by atoms with E-state index in [-0.39, 0.29) is 17.6 Å². The van der Waals surface area contributed by atoms with Crippen LogP contribution in [0.2, 0.25) is 0 Å². The highest BCUT2D eigenvalue weighted by Crippen LogP contribution is 2.21. The molecule has 0 saturated carbocycles. The quantitative estimate of drug-likeness (QED) is 0.705. The van der Waals surface area contributed by atoms with Gasteiger partial charge in [0, 0.05) is 33.9 Å². The van der Waals surface area contributed by atoms with Gasteiger partial charge in [-0.3, -0.25) is 9.59 Å². The standard InChI is InChI=1S/C20H23FN2O2S/c1-20(2,3)19(25)23-16-6-4-5-15(13-16)22-18(24)11-12-26-17-9-7-14(21)8-10-17/h4-10,13H,11-12H2,1-3H3,(H,22,24)(H,23,25). The molecule has 2 rings (SSSR count). The van der Waals surface area contributed by atoms with E-state index in [1.807, 2.05) is 20.8 Å². The summed E-state index contributed by atoms with van der Waals surface area (Å²) in [7, 11) is 0. The van der Waals surface area contributed by atoms with Gasteiger partial charge in [-0.25, -0.2) is 4.39 Å². The van der Waals surface area contributed by atoms with Crippen LogP contribution in [0.1, 0.15) is 27.2 Å². The van der Waals surface area contributed by atoms with Gasteiger partial charge in [-0.1, -0.05) is 26.8 Å². The summed E-state index contributed by atoms with van der Waals surface area (Å²) >= 11 is 1.50. The topological polar surface area (TPSA) is 58.2 Å². The molecule has 0 aliphatic rings. The lowest BCUT2D eigenvalue weighted by Crippen LogP contribution is -2.27. The Morgan fingerprint density at radius 1 is 1.00 bits per heavy atom. The number of hydrogen-bond donors (Lipinski definition) is 2. The van der Waals surface area contributed by atoms with Crippen molar-refractivity contribution >= 4 is 35.0 Å². The maximum absolute atomic E-state index is 12.9. The van der Waals surface area contributed by atoms with Crippen LogP contribution < -0.4 is 10.6 Å². The highest BCUT2D eigenvalue weighted by Gasteiger charge is 2.21. The van der Waals surface area contributed by atoms with E-state index in [2.05, 4.69) is 10.6 Å². The van der Waals surface area contributed by atoms with Crippen LogP contribution in [0.3, 0.4) is 0 Å². The predicted molar refractivity (Wildman–Crippen MR) is 105 cm³/mol. The number of amides is 2. The lowest BCUT2D eigenvalue weighted by atomic mass is 9.95. The molecular formula is C20H23FN2O2S. The minimum absolute atomic E-state index is 0.0864. The van der Waals surface area contributed by atoms with Crippen LogP contribution >= 0.6 is 11.8 Å². The molecule has 2 aromatic carbocycles. The van der Waals surface area contributed by atoms with Crippen molar-refractivity contribution in [2.24, 2.45) is 5.41 Å². The van der Waals surface area contributed by atoms with Gasteiger partial charge >= 0.3 is 0 Å². The number of rotatable bonds is 6. The monoisotopic (exact) mass is 374 g/mol. The molecule has 2 N–H and O–H groups in total. The Bertz CT molecular complexity index is 770. The van der Waals surface area contributed by atoms with E-state index in [1.54, 1.807) is 36.4 Å². The van der Waals surface area contributed by atoms with Crippen molar-refractivity contribution in [3.63, 3.8) is 0 Å². The third kappa shape index (κ3) is 6.52. The number of hydrogen-bond acceptors (Lipinski definition) is 3. The summed E-state index contributed by atoms with van der Waals surface area (Å²) in [6.45, 7) is 5.52. The molecule has 2 aromatic rings. The molecule has 0 bridgehead atoms. The molecule has 0 heterocycles. The molecule has 0 aliphatic heterocycles. The maximum atomic E-state index is 12.9. The highest BCUT2D eigenvalue weighted by atomic mass is 32.2. The maximum Gasteiger partial charge on any atom is 0.229 e. The first-order valence-corrected chi connectivity index (χ1v) is 9.32. The molecule has 26 heavy (non-hydrogen) atoms. The molecule has 4 nitrogen and oxygen atoms in total. The molecular weight excluding hydrogens is 351 g/mol. The zero-order chi connectivity index (χ0) is 19.2. The van der Waals surface area contributed by atoms with E-state index in [9.17, 15) is 14.0 Å². The second-order valence-corrected chi connectivity index (χ2v) is 8.05. The lowest BCUT2D eigenvalue weighted by Gasteiger charge is -2.18. The molecule has 0 spiro atoms. The lowest BCUT2D eigenvalue weighted by molar-refractivity contribution is -0.123. The van der Waals surface area contributed by atoms with Crippen molar-refractivity contribution in [3.05, 3.63) is 54.3 Å². The molecule has 0 aliphatic carbocycles. The van der Waals surface area contributed by atoms with Crippen LogP contribution in [0.25, 0.3) is 0 Å². The van der Waals surface area contributed by atoms with E-state index in [1.165, 1.54) is 23.9 Å². The van der Waals surface area contributed by atoms with Gasteiger partial charge in [0.15, 0.2) is 0 Å². The Kier molecular flexibility index (Phi) is 6.80. The Morgan fingerprint density at radius 2 is 1.62 bits per heavy atom. The second kappa shape index (κ2) is 8.85. The summed E-state index contributed by atoms with van der Waals surface area (Å²) in [5.74, 6) is 0.124. The number of nitrogens with one attached hydrogen (secondary N) is 2. The molecule has 0 radical (unpaired) electrons. The Morgan fingerprint density at radius 3 is 2.23 bits per heavy atom. The van der Waals surface area contributed by atoms with Crippen molar-refractivity contribution in [3.8, 4) is 0 Å². The number of carbonyl (C=O) groups is 2. The van der Waals surface area contributed by atoms with Gasteiger partial charge in [0.05, 0.1) is 0 Å². The zero-order valence-electron chi connectivity index (χ0n) is 15.1. The minimum Gasteiger partial charge on any atom is -0.326 e. The van der Waals surface area contributed by atoms with Gasteiger partial charge in [-0.15, -0.1) is 11.8 Å². The van der Waals surface area contributed by atoms with Gasteiger partial charge in [-0.2, -0.15) is 0 Å². The largest absolute Gasteiger partial charge is 0.326 e. The van der Waals surface area contributed by atoms with Crippen molar-refractivity contribution in [2.75, 3.05) is 16.4 Å². The molecule has 6 heteroatoms. The van der Waals surface area contributed by atoms with Gasteiger partial charge in [0.25, 0.3) is 0 Å². The number of carbonyl (C=O) groups excluding carboxylic acids is 2. The minimum atomic E-state index is -0.489. The Hall–Kier alpha value is -2.34.